The van der Waals surface area contributed by atoms with Crippen LogP contribution in [0.15, 0.2) is 9.59 Å². The van der Waals surface area contributed by atoms with Gasteiger partial charge < -0.3 is 35.2 Å². The molecule has 15 nitrogen and oxygen atoms in total. The normalized spacial score (nSPS) is 20.9. The minimum Gasteiger partial charge on any atom is -0.542 e. The number of esters is 2. The summed E-state index contributed by atoms with van der Waals surface area (Å²) >= 11 is 0. The number of nitrogens with zero attached hydrogens (tertiary/aromatic N) is 3. The average molecular weight is 690 g/mol. The number of carbonyl (C=O) groups is 4. The van der Waals surface area contributed by atoms with Gasteiger partial charge in [-0.1, -0.05) is 13.8 Å². The average Bonchev–Trinajstić information content (AvgIpc) is 3.50. The molecule has 2 aromatic rings. The number of halogens is 3. The second kappa shape index (κ2) is 15.8. The Labute approximate surface area is 272 Å². The summed E-state index contributed by atoms with van der Waals surface area (Å²) in [6.07, 6.45) is 2.48. The molecule has 1 unspecified atom stereocenters. The Kier molecular flexibility index (Phi) is 12.6. The van der Waals surface area contributed by atoms with E-state index < -0.39 is 42.9 Å². The van der Waals surface area contributed by atoms with E-state index in [0.29, 0.717) is 37.1 Å². The molecule has 0 amide bonds. The van der Waals surface area contributed by atoms with Gasteiger partial charge in [0, 0.05) is 31.3 Å². The van der Waals surface area contributed by atoms with Crippen molar-refractivity contribution in [3.05, 3.63) is 26.7 Å². The van der Waals surface area contributed by atoms with Gasteiger partial charge in [-0.3, -0.25) is 23.5 Å². The Hall–Kier alpha value is -4.22. The summed E-state index contributed by atoms with van der Waals surface area (Å²) in [5, 5.41) is 17.6. The van der Waals surface area contributed by atoms with E-state index in [9.17, 15) is 37.1 Å². The minimum atomic E-state index is -5.19. The summed E-state index contributed by atoms with van der Waals surface area (Å²) in [5.74, 6) is -4.38. The first-order chi connectivity index (χ1) is 22.5. The molecular formula is C30H42F3N5O10. The minimum absolute atomic E-state index is 0.0293. The van der Waals surface area contributed by atoms with E-state index in [4.69, 9.17) is 29.5 Å². The molecule has 3 fully saturated rings. The Morgan fingerprint density at radius 2 is 1.50 bits per heavy atom. The number of H-pyrrole nitrogens is 1. The van der Waals surface area contributed by atoms with Gasteiger partial charge in [-0.2, -0.15) is 13.2 Å². The molecule has 18 heteroatoms. The number of aromatic amines is 1. The number of nitrogens with one attached hydrogen (secondary N) is 1. The largest absolute Gasteiger partial charge is 0.542 e. The number of imidazole rings is 1. The highest BCUT2D eigenvalue weighted by Gasteiger charge is 2.50. The van der Waals surface area contributed by atoms with Gasteiger partial charge >= 0.3 is 29.8 Å². The van der Waals surface area contributed by atoms with Crippen LogP contribution in [0.25, 0.3) is 11.2 Å². The highest BCUT2D eigenvalue weighted by Crippen LogP contribution is 2.59. The lowest BCUT2D eigenvalue weighted by molar-refractivity contribution is -0.408. The third-order valence-electron chi connectivity index (χ3n) is 9.24. The number of ether oxygens (including phenoxy) is 2. The molecule has 0 aromatic carbocycles. The van der Waals surface area contributed by atoms with Gasteiger partial charge in [-0.25, -0.2) is 14.6 Å². The maximum atomic E-state index is 13.2. The third-order valence-corrected chi connectivity index (χ3v) is 9.24. The van der Waals surface area contributed by atoms with Crippen LogP contribution in [0.3, 0.4) is 0 Å². The number of carbonyl (C=O) groups excluding carboxylic acids is 3. The quantitative estimate of drug-likeness (QED) is 0.186. The molecule has 1 atom stereocenters. The molecular weight excluding hydrogens is 647 g/mol. The summed E-state index contributed by atoms with van der Waals surface area (Å²) in [6.45, 7) is 4.31. The van der Waals surface area contributed by atoms with Crippen molar-refractivity contribution in [2.75, 3.05) is 6.79 Å². The molecule has 2 heterocycles. The van der Waals surface area contributed by atoms with Crippen LogP contribution >= 0.6 is 0 Å². The fourth-order valence-electron chi connectivity index (χ4n) is 6.35. The highest BCUT2D eigenvalue weighted by atomic mass is 19.4. The third kappa shape index (κ3) is 9.02. The number of alkyl halides is 3. The van der Waals surface area contributed by atoms with Gasteiger partial charge in [0.15, 0.2) is 11.7 Å². The zero-order valence-electron chi connectivity index (χ0n) is 27.0. The van der Waals surface area contributed by atoms with Crippen molar-refractivity contribution < 1.29 is 57.8 Å². The lowest BCUT2D eigenvalue weighted by atomic mass is 9.52. The molecule has 0 spiro atoms. The topological polar surface area (TPSA) is 230 Å². The number of fused-ring (bicyclic) bond motifs is 4. The van der Waals surface area contributed by atoms with Gasteiger partial charge in [0.2, 0.25) is 6.79 Å². The van der Waals surface area contributed by atoms with E-state index >= 15 is 0 Å². The summed E-state index contributed by atoms with van der Waals surface area (Å²) in [7, 11) is 0. The second-order valence-electron chi connectivity index (χ2n) is 12.5. The van der Waals surface area contributed by atoms with Crippen LogP contribution in [0.1, 0.15) is 96.7 Å². The van der Waals surface area contributed by atoms with Crippen molar-refractivity contribution in [2.24, 2.45) is 5.41 Å². The summed E-state index contributed by atoms with van der Waals surface area (Å²) in [4.78, 5) is 78.0. The van der Waals surface area contributed by atoms with E-state index in [-0.39, 0.29) is 41.3 Å². The van der Waals surface area contributed by atoms with Gasteiger partial charge in [0.25, 0.3) is 5.56 Å². The summed E-state index contributed by atoms with van der Waals surface area (Å²) < 4.78 is 44.4. The molecule has 2 bridgehead atoms. The van der Waals surface area contributed by atoms with Crippen molar-refractivity contribution >= 4 is 35.0 Å². The second-order valence-corrected chi connectivity index (χ2v) is 12.5. The number of hydrogen-bond acceptors (Lipinski definition) is 10. The zero-order valence-corrected chi connectivity index (χ0v) is 27.0. The van der Waals surface area contributed by atoms with Crippen LogP contribution in [0.5, 0.6) is 0 Å². The molecule has 48 heavy (non-hydrogen) atoms. The predicted molar refractivity (Wildman–Crippen MR) is 158 cm³/mol. The number of carboxylic acid groups (broad SMARTS) is 2. The number of rotatable bonds is 14. The van der Waals surface area contributed by atoms with Gasteiger partial charge in [0.05, 0.1) is 6.42 Å². The van der Waals surface area contributed by atoms with Crippen molar-refractivity contribution in [3.63, 3.8) is 0 Å². The molecule has 0 saturated heterocycles. The maximum Gasteiger partial charge on any atom is 0.430 e. The van der Waals surface area contributed by atoms with E-state index in [0.717, 1.165) is 50.8 Å². The van der Waals surface area contributed by atoms with Crippen molar-refractivity contribution in [1.82, 2.24) is 19.1 Å². The first-order valence-corrected chi connectivity index (χ1v) is 15.9. The standard InChI is InChI=1S/C28H41N5O8.C2HF3O2/c1-3-15-32-22-21(23(36)33(16-4-2)26(32)39)30-25(31-22)28-12-9-27(10-13-28,11-14-28)8-7-20(35)41-17-40-19(34)6-5-18(29)24(37)38;3-2(4,5)1(6)7/h18H,3-17,29H2,1-2H3,(H,30,31)(H,37,38);(H,6,7). The van der Waals surface area contributed by atoms with E-state index in [2.05, 4.69) is 10.7 Å². The monoisotopic (exact) mass is 689 g/mol. The number of aliphatic carboxylic acids is 2. The zero-order chi connectivity index (χ0) is 35.9. The Bertz CT molecular complexity index is 1590. The van der Waals surface area contributed by atoms with Crippen LogP contribution in [0.4, 0.5) is 13.2 Å². The van der Waals surface area contributed by atoms with E-state index in [1.165, 1.54) is 4.57 Å². The van der Waals surface area contributed by atoms with Gasteiger partial charge in [-0.05, 0) is 63.2 Å². The lowest BCUT2D eigenvalue weighted by Crippen LogP contribution is -2.64. The Balaban J connectivity index is 0.000000804. The van der Waals surface area contributed by atoms with Crippen molar-refractivity contribution in [3.8, 4) is 0 Å². The summed E-state index contributed by atoms with van der Waals surface area (Å²) in [5.41, 5.74) is 3.51. The van der Waals surface area contributed by atoms with Gasteiger partial charge in [0.1, 0.15) is 17.3 Å². The number of aromatic nitrogens is 4. The van der Waals surface area contributed by atoms with Crippen LogP contribution in [0.2, 0.25) is 0 Å². The maximum absolute atomic E-state index is 13.2. The van der Waals surface area contributed by atoms with Crippen LogP contribution in [-0.2, 0) is 47.2 Å². The number of carboxylic acids is 2. The Morgan fingerprint density at radius 3 is 2.00 bits per heavy atom. The first-order valence-electron chi connectivity index (χ1n) is 15.9. The molecule has 5 N–H and O–H groups in total. The van der Waals surface area contributed by atoms with Crippen molar-refractivity contribution in [2.45, 2.75) is 122 Å². The molecule has 2 aromatic heterocycles. The van der Waals surface area contributed by atoms with Crippen LogP contribution in [-0.4, -0.2) is 67.1 Å². The van der Waals surface area contributed by atoms with Gasteiger partial charge in [-0.15, -0.1) is 0 Å². The summed E-state index contributed by atoms with van der Waals surface area (Å²) in [6, 6.07) is -0.897. The molecule has 268 valence electrons. The predicted octanol–water partition coefficient (Wildman–Crippen LogP) is 0.896. The SMILES string of the molecule is CCCn1c(=O)c2[nH]c(C34CCC(CCC(=O)OCOC(=O)CCC([NH3+])C(=O)O)(CC3)CC4)nc2n(CCC)c1=O.O=C([O-])C(F)(F)F. The molecule has 3 saturated carbocycles. The molecule has 3 aliphatic carbocycles. The molecule has 3 aliphatic rings. The molecule has 5 rings (SSSR count). The van der Waals surface area contributed by atoms with Crippen molar-refractivity contribution in [1.29, 1.82) is 0 Å². The fraction of sp³-hybridized carbons (Fsp3) is 0.700. The number of aryl methyl sites for hydroxylation is 1. The highest BCUT2D eigenvalue weighted by molar-refractivity contribution is 5.74. The Morgan fingerprint density at radius 1 is 0.979 bits per heavy atom. The number of quaternary nitrogens is 1. The van der Waals surface area contributed by atoms with Crippen LogP contribution in [0, 0.1) is 5.41 Å². The first kappa shape index (κ1) is 38.2. The molecule has 0 radical (unpaired) electrons. The smallest absolute Gasteiger partial charge is 0.430 e. The lowest BCUT2D eigenvalue weighted by Gasteiger charge is -2.52. The number of hydrogen-bond donors (Lipinski definition) is 3. The van der Waals surface area contributed by atoms with E-state index in [1.807, 2.05) is 13.8 Å². The van der Waals surface area contributed by atoms with E-state index in [1.54, 1.807) is 4.57 Å². The fourth-order valence-corrected chi connectivity index (χ4v) is 6.35. The molecule has 0 aliphatic heterocycles. The van der Waals surface area contributed by atoms with Crippen LogP contribution < -0.4 is 22.1 Å².